The fraction of sp³-hybridized carbons (Fsp3) is 0.407. The van der Waals surface area contributed by atoms with E-state index in [9.17, 15) is 13.2 Å². The van der Waals surface area contributed by atoms with Crippen LogP contribution in [0.25, 0.3) is 10.9 Å². The molecule has 8 nitrogen and oxygen atoms in total. The third kappa shape index (κ3) is 5.38. The largest absolute Gasteiger partial charge is 0.377 e. The van der Waals surface area contributed by atoms with Gasteiger partial charge in [-0.2, -0.15) is 0 Å². The van der Waals surface area contributed by atoms with Gasteiger partial charge in [0.25, 0.3) is 15.9 Å². The number of nitrogens with one attached hydrogen (secondary N) is 1. The number of carbonyl (C=O) groups is 1. The summed E-state index contributed by atoms with van der Waals surface area (Å²) >= 11 is 0. The van der Waals surface area contributed by atoms with Crippen LogP contribution in [0.1, 0.15) is 36.5 Å². The molecule has 0 saturated carbocycles. The molecule has 2 aliphatic heterocycles. The van der Waals surface area contributed by atoms with Crippen LogP contribution in [0.15, 0.2) is 65.7 Å². The number of para-hydroxylation sites is 1. The van der Waals surface area contributed by atoms with E-state index < -0.39 is 10.0 Å². The predicted octanol–water partition coefficient (Wildman–Crippen LogP) is 3.75. The molecular weight excluding hydrogens is 476 g/mol. The summed E-state index contributed by atoms with van der Waals surface area (Å²) in [5, 5.41) is 0.752. The third-order valence-corrected chi connectivity index (χ3v) is 8.39. The number of amides is 1. The van der Waals surface area contributed by atoms with Gasteiger partial charge < -0.3 is 9.64 Å². The Labute approximate surface area is 212 Å². The van der Waals surface area contributed by atoms with Crippen molar-refractivity contribution in [1.82, 2.24) is 14.8 Å². The van der Waals surface area contributed by atoms with Crippen LogP contribution in [0, 0.1) is 0 Å². The Hall–Kier alpha value is -3.01. The third-order valence-electron chi connectivity index (χ3n) is 6.98. The second-order valence-corrected chi connectivity index (χ2v) is 11.3. The van der Waals surface area contributed by atoms with Crippen molar-refractivity contribution >= 4 is 32.5 Å². The van der Waals surface area contributed by atoms with Gasteiger partial charge >= 0.3 is 0 Å². The molecule has 2 fully saturated rings. The first-order chi connectivity index (χ1) is 17.4. The van der Waals surface area contributed by atoms with Gasteiger partial charge in [-0.15, -0.1) is 0 Å². The summed E-state index contributed by atoms with van der Waals surface area (Å²) in [5.74, 6) is -0.0382. The van der Waals surface area contributed by atoms with Crippen molar-refractivity contribution in [3.05, 3.63) is 66.4 Å². The van der Waals surface area contributed by atoms with Gasteiger partial charge in [-0.3, -0.25) is 19.4 Å². The van der Waals surface area contributed by atoms with E-state index in [-0.39, 0.29) is 16.8 Å². The number of aromatic nitrogens is 1. The Balaban J connectivity index is 1.23. The van der Waals surface area contributed by atoms with Gasteiger partial charge in [0, 0.05) is 61.7 Å². The van der Waals surface area contributed by atoms with Gasteiger partial charge in [0.1, 0.15) is 4.90 Å². The van der Waals surface area contributed by atoms with Crippen LogP contribution in [0.2, 0.25) is 0 Å². The van der Waals surface area contributed by atoms with Crippen molar-refractivity contribution in [2.24, 2.45) is 0 Å². The topological polar surface area (TPSA) is 91.8 Å². The van der Waals surface area contributed by atoms with Crippen LogP contribution in [0.3, 0.4) is 0 Å². The van der Waals surface area contributed by atoms with Crippen LogP contribution in [0.4, 0.5) is 5.69 Å². The zero-order valence-electron chi connectivity index (χ0n) is 20.5. The number of fused-ring (bicyclic) bond motifs is 1. The molecule has 1 aromatic heterocycles. The van der Waals surface area contributed by atoms with Crippen molar-refractivity contribution in [1.29, 1.82) is 0 Å². The van der Waals surface area contributed by atoms with E-state index in [1.54, 1.807) is 42.6 Å². The number of anilines is 1. The van der Waals surface area contributed by atoms with Crippen molar-refractivity contribution in [3.8, 4) is 0 Å². The van der Waals surface area contributed by atoms with E-state index in [0.717, 1.165) is 44.5 Å². The minimum absolute atomic E-state index is 0.0382. The molecule has 2 atom stereocenters. The summed E-state index contributed by atoms with van der Waals surface area (Å²) < 4.78 is 34.6. The number of benzene rings is 2. The molecule has 2 saturated heterocycles. The number of nitrogens with zero attached hydrogens (tertiary/aromatic N) is 3. The Morgan fingerprint density at radius 3 is 2.64 bits per heavy atom. The normalized spacial score (nSPS) is 21.4. The minimum atomic E-state index is -3.84. The van der Waals surface area contributed by atoms with Crippen LogP contribution >= 0.6 is 0 Å². The highest BCUT2D eigenvalue weighted by Gasteiger charge is 2.30. The van der Waals surface area contributed by atoms with Gasteiger partial charge in [-0.1, -0.05) is 18.2 Å². The molecular formula is C27H32N4O4S. The average molecular weight is 509 g/mol. The molecule has 1 amide bonds. The van der Waals surface area contributed by atoms with E-state index in [1.807, 2.05) is 17.0 Å². The Bertz CT molecular complexity index is 1320. The smallest absolute Gasteiger partial charge is 0.264 e. The summed E-state index contributed by atoms with van der Waals surface area (Å²) in [6, 6.07) is 15.4. The highest BCUT2D eigenvalue weighted by molar-refractivity contribution is 7.93. The maximum Gasteiger partial charge on any atom is 0.264 e. The molecule has 3 heterocycles. The second kappa shape index (κ2) is 10.5. The van der Waals surface area contributed by atoms with Gasteiger partial charge in [0.2, 0.25) is 0 Å². The number of pyridine rings is 1. The second-order valence-electron chi connectivity index (χ2n) is 9.61. The minimum Gasteiger partial charge on any atom is -0.377 e. The zero-order chi connectivity index (χ0) is 25.1. The quantitative estimate of drug-likeness (QED) is 0.545. The monoisotopic (exact) mass is 508 g/mol. The molecule has 2 aromatic carbocycles. The molecule has 2 aliphatic rings. The first-order valence-corrected chi connectivity index (χ1v) is 14.0. The van der Waals surface area contributed by atoms with Crippen molar-refractivity contribution < 1.29 is 17.9 Å². The summed E-state index contributed by atoms with van der Waals surface area (Å²) in [7, 11) is -3.84. The molecule has 9 heteroatoms. The summed E-state index contributed by atoms with van der Waals surface area (Å²) in [6.07, 6.45) is 5.36. The van der Waals surface area contributed by atoms with Crippen LogP contribution in [-0.4, -0.2) is 74.0 Å². The van der Waals surface area contributed by atoms with E-state index in [2.05, 4.69) is 21.5 Å². The van der Waals surface area contributed by atoms with Crippen molar-refractivity contribution in [2.75, 3.05) is 37.5 Å². The maximum atomic E-state index is 13.2. The Kier molecular flexibility index (Phi) is 7.22. The molecule has 0 bridgehead atoms. The Morgan fingerprint density at radius 1 is 1.08 bits per heavy atom. The van der Waals surface area contributed by atoms with Crippen molar-refractivity contribution in [2.45, 2.75) is 43.2 Å². The lowest BCUT2D eigenvalue weighted by Crippen LogP contribution is -2.55. The number of piperazine rings is 1. The summed E-state index contributed by atoms with van der Waals surface area (Å²) in [5.41, 5.74) is 1.35. The molecule has 0 spiro atoms. The van der Waals surface area contributed by atoms with Crippen LogP contribution < -0.4 is 4.72 Å². The van der Waals surface area contributed by atoms with Gasteiger partial charge in [-0.25, -0.2) is 8.42 Å². The lowest BCUT2D eigenvalue weighted by molar-refractivity contribution is -0.0187. The summed E-state index contributed by atoms with van der Waals surface area (Å²) in [6.45, 7) is 6.16. The van der Waals surface area contributed by atoms with Crippen LogP contribution in [-0.2, 0) is 14.8 Å². The lowest BCUT2D eigenvalue weighted by atomic mass is 10.1. The maximum absolute atomic E-state index is 13.2. The number of ether oxygens (including phenoxy) is 1. The van der Waals surface area contributed by atoms with Gasteiger partial charge in [-0.05, 0) is 62.6 Å². The standard InChI is InChI=1S/C27H32N4O4S/c1-20-18-30(19-24-8-2-3-17-35-24)15-16-31(20)27(32)22-10-12-23(13-11-22)29-36(33,34)25-9-4-6-21-7-5-14-28-26(21)25/h4-7,9-14,20,24,29H,2-3,8,15-19H2,1H3. The number of hydrogen-bond donors (Lipinski definition) is 1. The lowest BCUT2D eigenvalue weighted by Gasteiger charge is -2.41. The fourth-order valence-electron chi connectivity index (χ4n) is 5.09. The fourth-order valence-corrected chi connectivity index (χ4v) is 6.33. The highest BCUT2D eigenvalue weighted by Crippen LogP contribution is 2.24. The van der Waals surface area contributed by atoms with E-state index in [1.165, 1.54) is 12.5 Å². The molecule has 5 rings (SSSR count). The SMILES string of the molecule is CC1CN(CC2CCCCO2)CCN1C(=O)c1ccc(NS(=O)(=O)c2cccc3cccnc23)cc1. The molecule has 0 radical (unpaired) electrons. The van der Waals surface area contributed by atoms with Gasteiger partial charge in [0.15, 0.2) is 0 Å². The predicted molar refractivity (Wildman–Crippen MR) is 140 cm³/mol. The molecule has 190 valence electrons. The average Bonchev–Trinajstić information content (AvgIpc) is 2.89. The first-order valence-electron chi connectivity index (χ1n) is 12.5. The number of carbonyl (C=O) groups excluding carboxylic acids is 1. The molecule has 0 aliphatic carbocycles. The van der Waals surface area contributed by atoms with Crippen molar-refractivity contribution in [3.63, 3.8) is 0 Å². The number of hydrogen-bond acceptors (Lipinski definition) is 6. The first kappa shape index (κ1) is 24.7. The van der Waals surface area contributed by atoms with E-state index in [4.69, 9.17) is 4.74 Å². The van der Waals surface area contributed by atoms with E-state index >= 15 is 0 Å². The van der Waals surface area contributed by atoms with Gasteiger partial charge in [0.05, 0.1) is 11.6 Å². The Morgan fingerprint density at radius 2 is 1.89 bits per heavy atom. The number of rotatable bonds is 6. The zero-order valence-corrected chi connectivity index (χ0v) is 21.3. The molecule has 1 N–H and O–H groups in total. The van der Waals surface area contributed by atoms with Crippen LogP contribution in [0.5, 0.6) is 0 Å². The molecule has 3 aromatic rings. The van der Waals surface area contributed by atoms with E-state index in [0.29, 0.717) is 29.4 Å². The highest BCUT2D eigenvalue weighted by atomic mass is 32.2. The molecule has 36 heavy (non-hydrogen) atoms. The number of sulfonamides is 1. The summed E-state index contributed by atoms with van der Waals surface area (Å²) in [4.78, 5) is 21.9. The molecule has 2 unspecified atom stereocenters.